The summed E-state index contributed by atoms with van der Waals surface area (Å²) in [5.74, 6) is 2.91. The molecule has 4 unspecified atom stereocenters. The molecule has 0 amide bonds. The van der Waals surface area contributed by atoms with Gasteiger partial charge in [0.1, 0.15) is 5.78 Å². The molecule has 3 saturated carbocycles. The highest BCUT2D eigenvalue weighted by molar-refractivity contribution is 5.83. The van der Waals surface area contributed by atoms with Crippen LogP contribution >= 0.6 is 0 Å². The van der Waals surface area contributed by atoms with Crippen LogP contribution in [0.25, 0.3) is 5.70 Å². The SMILES string of the molecule is C[C@]12CCCCC1C(=O)CC1C2CC[C@]2(C)C(n3ccnc3)=CCC12. The van der Waals surface area contributed by atoms with E-state index in [1.165, 1.54) is 37.8 Å². The van der Waals surface area contributed by atoms with Gasteiger partial charge in [-0.1, -0.05) is 32.8 Å². The Bertz CT molecular complexity index is 720. The number of rotatable bonds is 1. The molecule has 0 bridgehead atoms. The highest BCUT2D eigenvalue weighted by Crippen LogP contribution is 2.66. The average molecular weight is 338 g/mol. The molecule has 3 fully saturated rings. The van der Waals surface area contributed by atoms with Gasteiger partial charge in [-0.15, -0.1) is 0 Å². The average Bonchev–Trinajstić information content (AvgIpc) is 3.21. The number of hydrogen-bond donors (Lipinski definition) is 0. The minimum absolute atomic E-state index is 0.208. The number of Topliss-reactive ketones (excluding diaryl/α,β-unsaturated/α-hetero) is 1. The fourth-order valence-electron chi connectivity index (χ4n) is 7.44. The smallest absolute Gasteiger partial charge is 0.136 e. The summed E-state index contributed by atoms with van der Waals surface area (Å²) in [6.45, 7) is 4.92. The van der Waals surface area contributed by atoms with Crippen molar-refractivity contribution in [3.63, 3.8) is 0 Å². The molecule has 4 aliphatic rings. The van der Waals surface area contributed by atoms with E-state index in [1.807, 2.05) is 12.5 Å². The molecule has 0 saturated heterocycles. The maximum atomic E-state index is 13.1. The van der Waals surface area contributed by atoms with Gasteiger partial charge in [0.2, 0.25) is 0 Å². The summed E-state index contributed by atoms with van der Waals surface area (Å²) < 4.78 is 2.22. The van der Waals surface area contributed by atoms with E-state index in [0.717, 1.165) is 25.2 Å². The van der Waals surface area contributed by atoms with Crippen molar-refractivity contribution in [1.82, 2.24) is 9.55 Å². The van der Waals surface area contributed by atoms with E-state index >= 15 is 0 Å². The fourth-order valence-corrected chi connectivity index (χ4v) is 7.44. The number of carbonyl (C=O) groups is 1. The number of carbonyl (C=O) groups excluding carboxylic acids is 1. The van der Waals surface area contributed by atoms with E-state index in [0.29, 0.717) is 23.5 Å². The number of imidazole rings is 1. The normalized spacial score (nSPS) is 46.2. The van der Waals surface area contributed by atoms with Crippen molar-refractivity contribution < 1.29 is 4.79 Å². The lowest BCUT2D eigenvalue weighted by atomic mass is 9.45. The molecule has 0 N–H and O–H groups in total. The highest BCUT2D eigenvalue weighted by atomic mass is 16.1. The van der Waals surface area contributed by atoms with Crippen molar-refractivity contribution in [1.29, 1.82) is 0 Å². The third kappa shape index (κ3) is 2.04. The Morgan fingerprint density at radius 3 is 2.84 bits per heavy atom. The van der Waals surface area contributed by atoms with Crippen molar-refractivity contribution in [2.45, 2.75) is 65.2 Å². The Balaban J connectivity index is 1.50. The summed E-state index contributed by atoms with van der Waals surface area (Å²) in [7, 11) is 0. The first-order valence-electron chi connectivity index (χ1n) is 10.3. The zero-order chi connectivity index (χ0) is 17.2. The molecule has 5 rings (SSSR count). The first kappa shape index (κ1) is 15.8. The number of nitrogens with zero attached hydrogens (tertiary/aromatic N) is 2. The summed E-state index contributed by atoms with van der Waals surface area (Å²) in [4.78, 5) is 17.3. The Kier molecular flexibility index (Phi) is 3.37. The standard InChI is InChI=1S/C22H30N2O/c1-21-9-4-3-5-18(21)19(25)13-15-16-6-7-20(24-12-11-23-14-24)22(16,2)10-8-17(15)21/h7,11-12,14-18H,3-6,8-10,13H2,1-2H3/t15?,16?,17?,18?,21-,22+/m1/s1. The molecule has 3 heteroatoms. The van der Waals surface area contributed by atoms with Crippen LogP contribution < -0.4 is 0 Å². The van der Waals surface area contributed by atoms with Gasteiger partial charge in [0.05, 0.1) is 6.33 Å². The lowest BCUT2D eigenvalue weighted by Crippen LogP contribution is -2.55. The van der Waals surface area contributed by atoms with Crippen LogP contribution in [0.5, 0.6) is 0 Å². The second-order valence-electron chi connectivity index (χ2n) is 9.60. The van der Waals surface area contributed by atoms with Gasteiger partial charge in [-0.25, -0.2) is 4.98 Å². The maximum Gasteiger partial charge on any atom is 0.136 e. The lowest BCUT2D eigenvalue weighted by molar-refractivity contribution is -0.150. The minimum atomic E-state index is 0.208. The van der Waals surface area contributed by atoms with Gasteiger partial charge >= 0.3 is 0 Å². The van der Waals surface area contributed by atoms with Gasteiger partial charge < -0.3 is 4.57 Å². The molecule has 3 nitrogen and oxygen atoms in total. The quantitative estimate of drug-likeness (QED) is 0.726. The van der Waals surface area contributed by atoms with Gasteiger partial charge in [0.15, 0.2) is 0 Å². The van der Waals surface area contributed by atoms with E-state index in [1.54, 1.807) is 0 Å². The van der Waals surface area contributed by atoms with Crippen molar-refractivity contribution in [3.8, 4) is 0 Å². The second kappa shape index (κ2) is 5.31. The van der Waals surface area contributed by atoms with Gasteiger partial charge in [-0.2, -0.15) is 0 Å². The Labute approximate surface area is 150 Å². The monoisotopic (exact) mass is 338 g/mol. The van der Waals surface area contributed by atoms with E-state index in [2.05, 4.69) is 35.7 Å². The molecule has 1 aromatic heterocycles. The summed E-state index contributed by atoms with van der Waals surface area (Å²) in [5.41, 5.74) is 1.91. The molecular formula is C22H30N2O. The third-order valence-corrected chi connectivity index (χ3v) is 8.69. The van der Waals surface area contributed by atoms with Crippen molar-refractivity contribution >= 4 is 11.5 Å². The predicted molar refractivity (Wildman–Crippen MR) is 98.6 cm³/mol. The number of ketones is 1. The van der Waals surface area contributed by atoms with Crippen LogP contribution in [0.4, 0.5) is 0 Å². The van der Waals surface area contributed by atoms with E-state index < -0.39 is 0 Å². The zero-order valence-electron chi connectivity index (χ0n) is 15.6. The van der Waals surface area contributed by atoms with Crippen LogP contribution in [-0.4, -0.2) is 15.3 Å². The van der Waals surface area contributed by atoms with Crippen LogP contribution in [0.2, 0.25) is 0 Å². The topological polar surface area (TPSA) is 34.9 Å². The number of hydrogen-bond acceptors (Lipinski definition) is 2. The second-order valence-corrected chi connectivity index (χ2v) is 9.60. The molecule has 0 aliphatic heterocycles. The third-order valence-electron chi connectivity index (χ3n) is 8.69. The summed E-state index contributed by atoms with van der Waals surface area (Å²) in [5, 5.41) is 0. The molecule has 0 spiro atoms. The van der Waals surface area contributed by atoms with Crippen molar-refractivity contribution in [3.05, 3.63) is 24.8 Å². The van der Waals surface area contributed by atoms with Crippen molar-refractivity contribution in [2.24, 2.45) is 34.5 Å². The van der Waals surface area contributed by atoms with Gasteiger partial charge in [-0.05, 0) is 55.3 Å². The van der Waals surface area contributed by atoms with Crippen LogP contribution in [0.3, 0.4) is 0 Å². The van der Waals surface area contributed by atoms with Gasteiger partial charge in [0.25, 0.3) is 0 Å². The zero-order valence-corrected chi connectivity index (χ0v) is 15.6. The summed E-state index contributed by atoms with van der Waals surface area (Å²) >= 11 is 0. The largest absolute Gasteiger partial charge is 0.310 e. The summed E-state index contributed by atoms with van der Waals surface area (Å²) in [6, 6.07) is 0. The molecule has 4 aliphatic carbocycles. The Morgan fingerprint density at radius 2 is 2.04 bits per heavy atom. The summed E-state index contributed by atoms with van der Waals surface area (Å²) in [6.07, 6.45) is 17.9. The van der Waals surface area contributed by atoms with Crippen molar-refractivity contribution in [2.75, 3.05) is 0 Å². The maximum absolute atomic E-state index is 13.1. The number of allylic oxidation sites excluding steroid dienone is 2. The van der Waals surface area contributed by atoms with Gasteiger partial charge in [0, 0.05) is 35.8 Å². The molecular weight excluding hydrogens is 308 g/mol. The first-order chi connectivity index (χ1) is 12.0. The highest BCUT2D eigenvalue weighted by Gasteiger charge is 2.60. The molecule has 0 radical (unpaired) electrons. The van der Waals surface area contributed by atoms with Crippen LogP contribution in [0.1, 0.15) is 65.2 Å². The van der Waals surface area contributed by atoms with Crippen LogP contribution in [-0.2, 0) is 4.79 Å². The van der Waals surface area contributed by atoms with E-state index in [9.17, 15) is 4.79 Å². The van der Waals surface area contributed by atoms with Gasteiger partial charge in [-0.3, -0.25) is 4.79 Å². The molecule has 25 heavy (non-hydrogen) atoms. The minimum Gasteiger partial charge on any atom is -0.310 e. The molecule has 6 atom stereocenters. The molecule has 1 aromatic rings. The van der Waals surface area contributed by atoms with E-state index in [-0.39, 0.29) is 10.8 Å². The van der Waals surface area contributed by atoms with E-state index in [4.69, 9.17) is 0 Å². The lowest BCUT2D eigenvalue weighted by Gasteiger charge is -2.59. The molecule has 0 aromatic carbocycles. The van der Waals surface area contributed by atoms with Crippen LogP contribution in [0.15, 0.2) is 24.8 Å². The van der Waals surface area contributed by atoms with Crippen LogP contribution in [0, 0.1) is 34.5 Å². The Morgan fingerprint density at radius 1 is 1.16 bits per heavy atom. The fraction of sp³-hybridized carbons (Fsp3) is 0.727. The molecule has 1 heterocycles. The molecule has 134 valence electrons. The number of fused-ring (bicyclic) bond motifs is 5. The number of aromatic nitrogens is 2. The Hall–Kier alpha value is -1.38. The first-order valence-corrected chi connectivity index (χ1v) is 10.3. The predicted octanol–water partition coefficient (Wildman–Crippen LogP) is 4.95.